The van der Waals surface area contributed by atoms with Crippen LogP contribution in [0.4, 0.5) is 22.7 Å². The monoisotopic (exact) mass is 291 g/mol. The van der Waals surface area contributed by atoms with E-state index in [-0.39, 0.29) is 12.4 Å². The first-order valence-corrected chi connectivity index (χ1v) is 6.21. The number of hydrogen-bond acceptors (Lipinski definition) is 4. The maximum absolute atomic E-state index is 5.93. The van der Waals surface area contributed by atoms with Gasteiger partial charge >= 0.3 is 0 Å². The van der Waals surface area contributed by atoms with Crippen LogP contribution in [-0.2, 0) is 0 Å². The van der Waals surface area contributed by atoms with Crippen LogP contribution in [0.5, 0.6) is 11.5 Å². The Morgan fingerprint density at radius 3 is 2.45 bits per heavy atom. The zero-order valence-electron chi connectivity index (χ0n) is 11.7. The number of halogens is 1. The first kappa shape index (κ1) is 14.3. The molecule has 0 unspecified atom stereocenters. The summed E-state index contributed by atoms with van der Waals surface area (Å²) in [5, 5.41) is 3.38. The number of nitrogen functional groups attached to an aromatic ring is 1. The SMILES string of the molecule is Cc1cc2c(cc1N)Oc1cc(N(C)C)ccc1N2.Cl. The van der Waals surface area contributed by atoms with E-state index >= 15 is 0 Å². The maximum Gasteiger partial charge on any atom is 0.153 e. The van der Waals surface area contributed by atoms with Crippen molar-refractivity contribution in [3.63, 3.8) is 0 Å². The lowest BCUT2D eigenvalue weighted by Gasteiger charge is -2.24. The molecule has 1 aliphatic rings. The Bertz CT molecular complexity index is 656. The van der Waals surface area contributed by atoms with Gasteiger partial charge in [0, 0.05) is 37.6 Å². The number of ether oxygens (including phenoxy) is 1. The number of fused-ring (bicyclic) bond motifs is 2. The third-order valence-corrected chi connectivity index (χ3v) is 3.34. The zero-order chi connectivity index (χ0) is 13.6. The summed E-state index contributed by atoms with van der Waals surface area (Å²) in [6.45, 7) is 1.99. The van der Waals surface area contributed by atoms with E-state index in [9.17, 15) is 0 Å². The molecule has 0 amide bonds. The molecule has 1 aliphatic heterocycles. The van der Waals surface area contributed by atoms with E-state index in [2.05, 4.69) is 11.4 Å². The summed E-state index contributed by atoms with van der Waals surface area (Å²) in [7, 11) is 4.01. The summed E-state index contributed by atoms with van der Waals surface area (Å²) >= 11 is 0. The molecule has 0 radical (unpaired) electrons. The summed E-state index contributed by atoms with van der Waals surface area (Å²) in [5.41, 5.74) is 10.7. The van der Waals surface area contributed by atoms with Crippen molar-refractivity contribution in [3.05, 3.63) is 35.9 Å². The lowest BCUT2D eigenvalue weighted by atomic mass is 10.1. The Hall–Kier alpha value is -2.07. The van der Waals surface area contributed by atoms with Crippen molar-refractivity contribution in [1.82, 2.24) is 0 Å². The van der Waals surface area contributed by atoms with Gasteiger partial charge in [-0.2, -0.15) is 0 Å². The molecule has 2 aromatic rings. The molecule has 3 N–H and O–H groups in total. The van der Waals surface area contributed by atoms with Gasteiger partial charge in [-0.1, -0.05) is 0 Å². The molecule has 2 aromatic carbocycles. The molecule has 0 bridgehead atoms. The van der Waals surface area contributed by atoms with Crippen LogP contribution in [0.3, 0.4) is 0 Å². The fraction of sp³-hybridized carbons (Fsp3) is 0.200. The molecule has 5 heteroatoms. The summed E-state index contributed by atoms with van der Waals surface area (Å²) < 4.78 is 5.93. The number of nitrogens with one attached hydrogen (secondary N) is 1. The summed E-state index contributed by atoms with van der Waals surface area (Å²) in [4.78, 5) is 2.04. The van der Waals surface area contributed by atoms with E-state index in [1.807, 2.05) is 50.2 Å². The third kappa shape index (κ3) is 2.34. The van der Waals surface area contributed by atoms with Crippen molar-refractivity contribution >= 4 is 35.2 Å². The van der Waals surface area contributed by atoms with E-state index in [4.69, 9.17) is 10.5 Å². The maximum atomic E-state index is 5.93. The topological polar surface area (TPSA) is 50.5 Å². The number of benzene rings is 2. The molecule has 1 heterocycles. The lowest BCUT2D eigenvalue weighted by Crippen LogP contribution is -2.10. The van der Waals surface area contributed by atoms with Crippen molar-refractivity contribution in [1.29, 1.82) is 0 Å². The predicted molar refractivity (Wildman–Crippen MR) is 87.0 cm³/mol. The zero-order valence-corrected chi connectivity index (χ0v) is 12.5. The summed E-state index contributed by atoms with van der Waals surface area (Å²) in [6.07, 6.45) is 0. The van der Waals surface area contributed by atoms with E-state index in [0.717, 1.165) is 39.8 Å². The van der Waals surface area contributed by atoms with E-state index in [0.29, 0.717) is 0 Å². The highest BCUT2D eigenvalue weighted by molar-refractivity contribution is 5.85. The average molecular weight is 292 g/mol. The van der Waals surface area contributed by atoms with Crippen LogP contribution in [0.2, 0.25) is 0 Å². The van der Waals surface area contributed by atoms with Gasteiger partial charge in [0.2, 0.25) is 0 Å². The first-order chi connectivity index (χ1) is 9.04. The summed E-state index contributed by atoms with van der Waals surface area (Å²) in [6, 6.07) is 9.97. The number of aryl methyl sites for hydroxylation is 1. The quantitative estimate of drug-likeness (QED) is 0.667. The Kier molecular flexibility index (Phi) is 3.68. The van der Waals surface area contributed by atoms with Gasteiger partial charge in [-0.3, -0.25) is 0 Å². The molecule has 4 nitrogen and oxygen atoms in total. The molecule has 0 saturated heterocycles. The normalized spacial score (nSPS) is 11.3. The van der Waals surface area contributed by atoms with E-state index < -0.39 is 0 Å². The number of nitrogens with zero attached hydrogens (tertiary/aromatic N) is 1. The van der Waals surface area contributed by atoms with Gasteiger partial charge in [0.25, 0.3) is 0 Å². The fourth-order valence-electron chi connectivity index (χ4n) is 2.13. The second-order valence-electron chi connectivity index (χ2n) is 5.01. The predicted octanol–water partition coefficient (Wildman–Crippen LogP) is 3.91. The number of anilines is 4. The molecular formula is C15H18ClN3O. The number of rotatable bonds is 1. The Labute approximate surface area is 124 Å². The molecule has 0 saturated carbocycles. The molecule has 106 valence electrons. The second-order valence-corrected chi connectivity index (χ2v) is 5.01. The van der Waals surface area contributed by atoms with Crippen LogP contribution < -0.4 is 20.7 Å². The summed E-state index contributed by atoms with van der Waals surface area (Å²) in [5.74, 6) is 1.59. The van der Waals surface area contributed by atoms with Crippen molar-refractivity contribution in [2.45, 2.75) is 6.92 Å². The van der Waals surface area contributed by atoms with Crippen molar-refractivity contribution < 1.29 is 4.74 Å². The first-order valence-electron chi connectivity index (χ1n) is 6.21. The molecule has 0 spiro atoms. The highest BCUT2D eigenvalue weighted by Gasteiger charge is 2.18. The molecule has 20 heavy (non-hydrogen) atoms. The van der Waals surface area contributed by atoms with Crippen molar-refractivity contribution in [2.75, 3.05) is 30.0 Å². The number of nitrogens with two attached hydrogens (primary N) is 1. The minimum atomic E-state index is 0. The van der Waals surface area contributed by atoms with Crippen LogP contribution in [-0.4, -0.2) is 14.1 Å². The Morgan fingerprint density at radius 2 is 1.75 bits per heavy atom. The highest BCUT2D eigenvalue weighted by atomic mass is 35.5. The minimum Gasteiger partial charge on any atom is -0.453 e. The second kappa shape index (κ2) is 5.13. The fourth-order valence-corrected chi connectivity index (χ4v) is 2.13. The van der Waals surface area contributed by atoms with Crippen LogP contribution in [0, 0.1) is 6.92 Å². The number of hydrogen-bond donors (Lipinski definition) is 2. The largest absolute Gasteiger partial charge is 0.453 e. The van der Waals surface area contributed by atoms with E-state index in [1.54, 1.807) is 0 Å². The van der Waals surface area contributed by atoms with Gasteiger partial charge < -0.3 is 20.7 Å². The Balaban J connectivity index is 0.00000147. The van der Waals surface area contributed by atoms with Gasteiger partial charge in [0.15, 0.2) is 11.5 Å². The van der Waals surface area contributed by atoms with Crippen LogP contribution in [0.25, 0.3) is 0 Å². The highest BCUT2D eigenvalue weighted by Crippen LogP contribution is 2.44. The Morgan fingerprint density at radius 1 is 1.05 bits per heavy atom. The van der Waals surface area contributed by atoms with Gasteiger partial charge in [0.05, 0.1) is 11.4 Å². The van der Waals surface area contributed by atoms with Crippen LogP contribution >= 0.6 is 12.4 Å². The van der Waals surface area contributed by atoms with Gasteiger partial charge in [-0.25, -0.2) is 0 Å². The molecule has 0 atom stereocenters. The smallest absolute Gasteiger partial charge is 0.153 e. The van der Waals surface area contributed by atoms with E-state index in [1.165, 1.54) is 0 Å². The van der Waals surface area contributed by atoms with Gasteiger partial charge in [-0.05, 0) is 30.7 Å². The van der Waals surface area contributed by atoms with Crippen molar-refractivity contribution in [3.8, 4) is 11.5 Å². The standard InChI is InChI=1S/C15H17N3O.ClH/c1-9-6-13-15(8-11(9)16)19-14-7-10(18(2)3)4-5-12(14)17-13;/h4-8,17H,16H2,1-3H3;1H. The molecular weight excluding hydrogens is 274 g/mol. The third-order valence-electron chi connectivity index (χ3n) is 3.34. The molecule has 3 rings (SSSR count). The van der Waals surface area contributed by atoms with Crippen molar-refractivity contribution in [2.24, 2.45) is 0 Å². The average Bonchev–Trinajstić information content (AvgIpc) is 2.37. The van der Waals surface area contributed by atoms with Crippen LogP contribution in [0.1, 0.15) is 5.56 Å². The molecule has 0 fully saturated rings. The van der Waals surface area contributed by atoms with Gasteiger partial charge in [0.1, 0.15) is 0 Å². The van der Waals surface area contributed by atoms with Gasteiger partial charge in [-0.15, -0.1) is 12.4 Å². The van der Waals surface area contributed by atoms with Crippen LogP contribution in [0.15, 0.2) is 30.3 Å². The minimum absolute atomic E-state index is 0. The lowest BCUT2D eigenvalue weighted by molar-refractivity contribution is 0.481. The molecule has 0 aromatic heterocycles. The molecule has 0 aliphatic carbocycles.